The second-order valence-electron chi connectivity index (χ2n) is 3.84. The van der Waals surface area contributed by atoms with Crippen LogP contribution in [-0.4, -0.2) is 18.6 Å². The molecule has 0 bridgehead atoms. The Labute approximate surface area is 95.6 Å². The minimum Gasteiger partial charge on any atom is -0.366 e. The highest BCUT2D eigenvalue weighted by atomic mass is 31.0. The molecule has 3 nitrogen and oxygen atoms in total. The third-order valence-electron chi connectivity index (χ3n) is 2.64. The molecule has 16 heavy (non-hydrogen) atoms. The van der Waals surface area contributed by atoms with Crippen LogP contribution in [0.2, 0.25) is 0 Å². The number of nitrogens with one attached hydrogen (secondary N) is 1. The molecule has 2 unspecified atom stereocenters. The molecule has 1 aliphatic rings. The molecule has 0 radical (unpaired) electrons. The highest BCUT2D eigenvalue weighted by Gasteiger charge is 2.27. The van der Waals surface area contributed by atoms with Crippen molar-refractivity contribution in [3.63, 3.8) is 0 Å². The van der Waals surface area contributed by atoms with Crippen molar-refractivity contribution in [2.24, 2.45) is 0 Å². The summed E-state index contributed by atoms with van der Waals surface area (Å²) >= 11 is 0. The van der Waals surface area contributed by atoms with Gasteiger partial charge in [0.25, 0.3) is 0 Å². The van der Waals surface area contributed by atoms with E-state index in [1.807, 2.05) is 6.92 Å². The Morgan fingerprint density at radius 2 is 2.31 bits per heavy atom. The van der Waals surface area contributed by atoms with Gasteiger partial charge in [-0.1, -0.05) is 6.07 Å². The minimum atomic E-state index is -0.274. The van der Waals surface area contributed by atoms with Crippen LogP contribution in [0.25, 0.3) is 0 Å². The number of hydrogen-bond acceptors (Lipinski definition) is 2. The summed E-state index contributed by atoms with van der Waals surface area (Å²) in [6.45, 7) is 1.97. The molecule has 1 saturated heterocycles. The van der Waals surface area contributed by atoms with Gasteiger partial charge in [0.2, 0.25) is 5.91 Å². The van der Waals surface area contributed by atoms with Crippen molar-refractivity contribution in [1.82, 2.24) is 5.32 Å². The van der Waals surface area contributed by atoms with Crippen LogP contribution in [0.15, 0.2) is 18.2 Å². The molecular formula is C11H13FNO2P. The van der Waals surface area contributed by atoms with Gasteiger partial charge in [-0.15, -0.1) is 9.24 Å². The number of rotatable bonds is 1. The van der Waals surface area contributed by atoms with Gasteiger partial charge in [-0.2, -0.15) is 0 Å². The number of carbonyl (C=O) groups excluding carboxylic acids is 1. The molecule has 86 valence electrons. The summed E-state index contributed by atoms with van der Waals surface area (Å²) in [5.41, 5.74) is 0.854. The number of hydrogen-bond donors (Lipinski definition) is 1. The molecule has 1 aliphatic heterocycles. The van der Waals surface area contributed by atoms with Crippen LogP contribution in [-0.2, 0) is 9.53 Å². The molecule has 1 fully saturated rings. The average Bonchev–Trinajstić information content (AvgIpc) is 2.26. The molecule has 0 aromatic heterocycles. The van der Waals surface area contributed by atoms with E-state index in [4.69, 9.17) is 4.74 Å². The highest BCUT2D eigenvalue weighted by Crippen LogP contribution is 2.22. The van der Waals surface area contributed by atoms with E-state index >= 15 is 0 Å². The fraction of sp³-hybridized carbons (Fsp3) is 0.364. The van der Waals surface area contributed by atoms with Gasteiger partial charge in [0.15, 0.2) is 0 Å². The quantitative estimate of drug-likeness (QED) is 0.742. The van der Waals surface area contributed by atoms with E-state index in [9.17, 15) is 9.18 Å². The van der Waals surface area contributed by atoms with Crippen LogP contribution in [0.3, 0.4) is 0 Å². The summed E-state index contributed by atoms with van der Waals surface area (Å²) in [7, 11) is 2.33. The maximum absolute atomic E-state index is 13.1. The fourth-order valence-corrected chi connectivity index (χ4v) is 2.03. The van der Waals surface area contributed by atoms with E-state index in [2.05, 4.69) is 14.6 Å². The van der Waals surface area contributed by atoms with E-state index in [0.29, 0.717) is 5.30 Å². The first-order valence-corrected chi connectivity index (χ1v) is 5.61. The van der Waals surface area contributed by atoms with Crippen LogP contribution < -0.4 is 10.6 Å². The lowest BCUT2D eigenvalue weighted by Crippen LogP contribution is -2.44. The SMILES string of the molecule is C[C@@H]1OCC(=O)NC1c1ccc(F)c(P)c1. The summed E-state index contributed by atoms with van der Waals surface area (Å²) in [4.78, 5) is 11.2. The first-order valence-electron chi connectivity index (χ1n) is 5.04. The van der Waals surface area contributed by atoms with Crippen LogP contribution in [0.1, 0.15) is 18.5 Å². The molecule has 1 N–H and O–H groups in total. The topological polar surface area (TPSA) is 38.3 Å². The number of ether oxygens (including phenoxy) is 1. The Hall–Kier alpha value is -0.990. The molecule has 1 aromatic carbocycles. The largest absolute Gasteiger partial charge is 0.366 e. The van der Waals surface area contributed by atoms with Gasteiger partial charge in [-0.3, -0.25) is 4.79 Å². The van der Waals surface area contributed by atoms with E-state index in [-0.39, 0.29) is 30.5 Å². The molecule has 2 rings (SSSR count). The Morgan fingerprint density at radius 3 is 3.00 bits per heavy atom. The second kappa shape index (κ2) is 4.48. The molecule has 1 heterocycles. The van der Waals surface area contributed by atoms with E-state index in [1.165, 1.54) is 6.07 Å². The summed E-state index contributed by atoms with van der Waals surface area (Å²) < 4.78 is 18.4. The summed E-state index contributed by atoms with van der Waals surface area (Å²) in [5.74, 6) is -0.415. The molecule has 1 amide bonds. The zero-order valence-electron chi connectivity index (χ0n) is 8.87. The molecule has 1 aromatic rings. The van der Waals surface area contributed by atoms with Gasteiger partial charge >= 0.3 is 0 Å². The highest BCUT2D eigenvalue weighted by molar-refractivity contribution is 7.27. The third kappa shape index (κ3) is 2.23. The lowest BCUT2D eigenvalue weighted by atomic mass is 10.0. The summed E-state index contributed by atoms with van der Waals surface area (Å²) in [5, 5.41) is 3.32. The van der Waals surface area contributed by atoms with Crippen molar-refractivity contribution >= 4 is 20.5 Å². The van der Waals surface area contributed by atoms with Gasteiger partial charge in [-0.25, -0.2) is 4.39 Å². The van der Waals surface area contributed by atoms with Crippen LogP contribution in [0.4, 0.5) is 4.39 Å². The van der Waals surface area contributed by atoms with E-state index in [0.717, 1.165) is 5.56 Å². The second-order valence-corrected chi connectivity index (χ2v) is 4.46. The van der Waals surface area contributed by atoms with Crippen molar-refractivity contribution in [2.75, 3.05) is 6.61 Å². The summed E-state index contributed by atoms with van der Waals surface area (Å²) in [6.07, 6.45) is -0.104. The van der Waals surface area contributed by atoms with Crippen molar-refractivity contribution in [3.8, 4) is 0 Å². The zero-order valence-corrected chi connectivity index (χ0v) is 10.0. The van der Waals surface area contributed by atoms with Gasteiger partial charge in [0.05, 0.1) is 12.1 Å². The van der Waals surface area contributed by atoms with Crippen molar-refractivity contribution in [3.05, 3.63) is 29.6 Å². The molecule has 0 saturated carbocycles. The van der Waals surface area contributed by atoms with E-state index < -0.39 is 0 Å². The van der Waals surface area contributed by atoms with Crippen molar-refractivity contribution < 1.29 is 13.9 Å². The number of carbonyl (C=O) groups is 1. The number of morpholine rings is 1. The van der Waals surface area contributed by atoms with Crippen molar-refractivity contribution in [1.29, 1.82) is 0 Å². The number of amides is 1. The maximum Gasteiger partial charge on any atom is 0.246 e. The Balaban J connectivity index is 2.28. The fourth-order valence-electron chi connectivity index (χ4n) is 1.75. The smallest absolute Gasteiger partial charge is 0.246 e. The van der Waals surface area contributed by atoms with Gasteiger partial charge < -0.3 is 10.1 Å². The van der Waals surface area contributed by atoms with E-state index in [1.54, 1.807) is 12.1 Å². The first-order chi connectivity index (χ1) is 7.58. The number of benzene rings is 1. The average molecular weight is 241 g/mol. The molecular weight excluding hydrogens is 228 g/mol. The normalized spacial score (nSPS) is 25.3. The van der Waals surface area contributed by atoms with Gasteiger partial charge in [0.1, 0.15) is 12.4 Å². The Kier molecular flexibility index (Phi) is 3.22. The Morgan fingerprint density at radius 1 is 1.56 bits per heavy atom. The van der Waals surface area contributed by atoms with Crippen LogP contribution in [0, 0.1) is 5.82 Å². The first kappa shape index (κ1) is 11.5. The van der Waals surface area contributed by atoms with Gasteiger partial charge in [0, 0.05) is 5.30 Å². The molecule has 3 atom stereocenters. The minimum absolute atomic E-state index is 0.0899. The lowest BCUT2D eigenvalue weighted by molar-refractivity contribution is -0.136. The number of halogens is 1. The predicted octanol–water partition coefficient (Wildman–Crippen LogP) is 0.902. The third-order valence-corrected chi connectivity index (χ3v) is 3.08. The van der Waals surface area contributed by atoms with Crippen LogP contribution >= 0.6 is 9.24 Å². The lowest BCUT2D eigenvalue weighted by Gasteiger charge is -2.30. The maximum atomic E-state index is 13.1. The summed E-state index contributed by atoms with van der Waals surface area (Å²) in [6, 6.07) is 4.56. The van der Waals surface area contributed by atoms with Gasteiger partial charge in [-0.05, 0) is 24.6 Å². The standard InChI is InChI=1S/C11H13FNO2P/c1-6-11(13-10(14)5-15-6)7-2-3-8(12)9(16)4-7/h2-4,6,11H,5,16H2,1H3,(H,13,14)/t6-,11?/m0/s1. The molecule has 0 aliphatic carbocycles. The Bertz CT molecular complexity index is 424. The molecule has 5 heteroatoms. The van der Waals surface area contributed by atoms with Crippen LogP contribution in [0.5, 0.6) is 0 Å². The zero-order chi connectivity index (χ0) is 11.7. The molecule has 0 spiro atoms. The predicted molar refractivity (Wildman–Crippen MR) is 62.0 cm³/mol. The van der Waals surface area contributed by atoms with Crippen molar-refractivity contribution in [2.45, 2.75) is 19.1 Å². The monoisotopic (exact) mass is 241 g/mol.